The fraction of sp³-hybridized carbons (Fsp3) is 0.556. The molecule has 17 heavy (non-hydrogen) atoms. The van der Waals surface area contributed by atoms with Gasteiger partial charge in [0.25, 0.3) is 0 Å². The minimum Gasteiger partial charge on any atom is -0.481 e. The predicted molar refractivity (Wildman–Crippen MR) is 55.8 cm³/mol. The lowest BCUT2D eigenvalue weighted by Gasteiger charge is -2.15. The van der Waals surface area contributed by atoms with E-state index in [0.29, 0.717) is 10.7 Å². The Hall–Kier alpha value is -1.18. The molecule has 4 nitrogen and oxygen atoms in total. The zero-order valence-electron chi connectivity index (χ0n) is 9.15. The van der Waals surface area contributed by atoms with Crippen LogP contribution in [0, 0.1) is 12.8 Å². The van der Waals surface area contributed by atoms with Gasteiger partial charge in [-0.25, -0.2) is 0 Å². The fourth-order valence-corrected chi connectivity index (χ4v) is 2.35. The van der Waals surface area contributed by atoms with E-state index in [0.717, 1.165) is 11.8 Å². The summed E-state index contributed by atoms with van der Waals surface area (Å²) < 4.78 is 38.5. The van der Waals surface area contributed by atoms with Gasteiger partial charge in [0.1, 0.15) is 0 Å². The Morgan fingerprint density at radius 2 is 2.24 bits per heavy atom. The highest BCUT2D eigenvalue weighted by atomic mass is 32.2. The molecular formula is C9H11F3N2O2S. The summed E-state index contributed by atoms with van der Waals surface area (Å²) in [5.74, 6) is -4.77. The van der Waals surface area contributed by atoms with Gasteiger partial charge in [-0.1, -0.05) is 0 Å². The van der Waals surface area contributed by atoms with Gasteiger partial charge in [0.2, 0.25) is 0 Å². The molecule has 0 aromatic carbocycles. The maximum Gasteiger partial charge on any atom is 0.403 e. The Kier molecular flexibility index (Phi) is 4.07. The van der Waals surface area contributed by atoms with E-state index in [2.05, 4.69) is 5.10 Å². The molecule has 96 valence electrons. The van der Waals surface area contributed by atoms with E-state index in [1.54, 1.807) is 20.0 Å². The van der Waals surface area contributed by atoms with Crippen molar-refractivity contribution in [3.05, 3.63) is 11.8 Å². The average molecular weight is 268 g/mol. The molecule has 1 aromatic heterocycles. The van der Waals surface area contributed by atoms with Gasteiger partial charge >= 0.3 is 12.1 Å². The molecule has 1 aromatic rings. The van der Waals surface area contributed by atoms with E-state index in [9.17, 15) is 18.0 Å². The molecule has 0 bridgehead atoms. The highest BCUT2D eigenvalue weighted by Crippen LogP contribution is 2.31. The van der Waals surface area contributed by atoms with Crippen molar-refractivity contribution in [2.45, 2.75) is 18.1 Å². The van der Waals surface area contributed by atoms with E-state index >= 15 is 0 Å². The summed E-state index contributed by atoms with van der Waals surface area (Å²) >= 11 is 0.831. The Morgan fingerprint density at radius 3 is 2.59 bits per heavy atom. The smallest absolute Gasteiger partial charge is 0.403 e. The van der Waals surface area contributed by atoms with Gasteiger partial charge in [0.15, 0.2) is 5.92 Å². The topological polar surface area (TPSA) is 55.1 Å². The number of carboxylic acids is 1. The van der Waals surface area contributed by atoms with E-state index in [-0.39, 0.29) is 0 Å². The molecule has 0 saturated carbocycles. The van der Waals surface area contributed by atoms with Gasteiger partial charge in [0.05, 0.1) is 10.7 Å². The average Bonchev–Trinajstić information content (AvgIpc) is 2.42. The molecule has 0 saturated heterocycles. The van der Waals surface area contributed by atoms with Crippen LogP contribution < -0.4 is 0 Å². The summed E-state index contributed by atoms with van der Waals surface area (Å²) in [7, 11) is 1.60. The van der Waals surface area contributed by atoms with Gasteiger partial charge < -0.3 is 5.11 Å². The summed E-state index contributed by atoms with van der Waals surface area (Å²) in [6.07, 6.45) is -4.73. The maximum absolute atomic E-state index is 12.4. The number of nitrogens with zero attached hydrogens (tertiary/aromatic N) is 2. The summed E-state index contributed by atoms with van der Waals surface area (Å²) in [4.78, 5) is 10.5. The Bertz CT molecular complexity index is 417. The maximum atomic E-state index is 12.4. The number of rotatable bonds is 4. The molecule has 1 N–H and O–H groups in total. The van der Waals surface area contributed by atoms with Crippen LogP contribution in [0.1, 0.15) is 5.69 Å². The second-order valence-corrected chi connectivity index (χ2v) is 4.53. The third kappa shape index (κ3) is 3.65. The molecule has 0 aliphatic rings. The summed E-state index contributed by atoms with van der Waals surface area (Å²) in [6, 6.07) is 1.61. The molecule has 0 fully saturated rings. The van der Waals surface area contributed by atoms with Gasteiger partial charge in [0, 0.05) is 12.8 Å². The Labute approximate surface area is 99.8 Å². The van der Waals surface area contributed by atoms with Crippen molar-refractivity contribution in [3.63, 3.8) is 0 Å². The molecule has 0 amide bonds. The number of carboxylic acid groups (broad SMARTS) is 1. The number of hydrogen-bond donors (Lipinski definition) is 1. The predicted octanol–water partition coefficient (Wildman–Crippen LogP) is 2.08. The monoisotopic (exact) mass is 268 g/mol. The van der Waals surface area contributed by atoms with Crippen LogP contribution in [0.25, 0.3) is 0 Å². The van der Waals surface area contributed by atoms with Crippen molar-refractivity contribution in [1.82, 2.24) is 9.78 Å². The minimum atomic E-state index is -4.73. The molecule has 0 radical (unpaired) electrons. The SMILES string of the molecule is Cc1cc(SCC(C(=O)O)C(F)(F)F)n(C)n1. The quantitative estimate of drug-likeness (QED) is 0.849. The first-order valence-electron chi connectivity index (χ1n) is 4.64. The molecule has 1 unspecified atom stereocenters. The third-order valence-corrected chi connectivity index (χ3v) is 3.23. The lowest BCUT2D eigenvalue weighted by Crippen LogP contribution is -2.32. The molecule has 1 rings (SSSR count). The normalized spacial score (nSPS) is 13.7. The lowest BCUT2D eigenvalue weighted by molar-refractivity contribution is -0.188. The van der Waals surface area contributed by atoms with Crippen molar-refractivity contribution in [2.24, 2.45) is 13.0 Å². The van der Waals surface area contributed by atoms with Crippen LogP contribution in [0.3, 0.4) is 0 Å². The van der Waals surface area contributed by atoms with Crippen LogP contribution in [0.5, 0.6) is 0 Å². The first kappa shape index (κ1) is 13.9. The number of aliphatic carboxylic acids is 1. The van der Waals surface area contributed by atoms with Gasteiger partial charge in [-0.3, -0.25) is 9.48 Å². The first-order valence-corrected chi connectivity index (χ1v) is 5.63. The second kappa shape index (κ2) is 4.99. The zero-order chi connectivity index (χ0) is 13.2. The number of thioether (sulfide) groups is 1. The number of alkyl halides is 3. The zero-order valence-corrected chi connectivity index (χ0v) is 9.97. The number of hydrogen-bond acceptors (Lipinski definition) is 3. The Balaban J connectivity index is 2.71. The summed E-state index contributed by atoms with van der Waals surface area (Å²) in [6.45, 7) is 1.71. The van der Waals surface area contributed by atoms with E-state index in [4.69, 9.17) is 5.11 Å². The minimum absolute atomic E-state index is 0.512. The van der Waals surface area contributed by atoms with Crippen molar-refractivity contribution < 1.29 is 23.1 Å². The second-order valence-electron chi connectivity index (χ2n) is 3.49. The van der Waals surface area contributed by atoms with Gasteiger partial charge in [-0.05, 0) is 13.0 Å². The van der Waals surface area contributed by atoms with E-state index in [1.807, 2.05) is 0 Å². The lowest BCUT2D eigenvalue weighted by atomic mass is 10.2. The number of halogens is 3. The summed E-state index contributed by atoms with van der Waals surface area (Å²) in [5.41, 5.74) is 0.675. The molecule has 1 atom stereocenters. The molecular weight excluding hydrogens is 257 g/mol. The van der Waals surface area contributed by atoms with Gasteiger partial charge in [-0.2, -0.15) is 18.3 Å². The fourth-order valence-electron chi connectivity index (χ4n) is 1.20. The van der Waals surface area contributed by atoms with Crippen molar-refractivity contribution >= 4 is 17.7 Å². The number of carbonyl (C=O) groups is 1. The molecule has 8 heteroatoms. The highest BCUT2D eigenvalue weighted by molar-refractivity contribution is 7.99. The van der Waals surface area contributed by atoms with Crippen molar-refractivity contribution in [1.29, 1.82) is 0 Å². The van der Waals surface area contributed by atoms with Crippen LogP contribution in [0.4, 0.5) is 13.2 Å². The van der Waals surface area contributed by atoms with Gasteiger partial charge in [-0.15, -0.1) is 11.8 Å². The molecule has 1 heterocycles. The Morgan fingerprint density at radius 1 is 1.65 bits per heavy atom. The summed E-state index contributed by atoms with van der Waals surface area (Å²) in [5, 5.41) is 13.0. The standard InChI is InChI=1S/C9H11F3N2O2S/c1-5-3-7(14(2)13-5)17-4-6(8(15)16)9(10,11)12/h3,6H,4H2,1-2H3,(H,15,16). The van der Waals surface area contributed by atoms with Crippen LogP contribution in [0.15, 0.2) is 11.1 Å². The van der Waals surface area contributed by atoms with Crippen LogP contribution >= 0.6 is 11.8 Å². The van der Waals surface area contributed by atoms with Crippen LogP contribution in [-0.2, 0) is 11.8 Å². The third-order valence-electron chi connectivity index (χ3n) is 2.05. The van der Waals surface area contributed by atoms with Crippen LogP contribution in [0.2, 0.25) is 0 Å². The highest BCUT2D eigenvalue weighted by Gasteiger charge is 2.45. The largest absolute Gasteiger partial charge is 0.481 e. The molecule has 0 aliphatic carbocycles. The van der Waals surface area contributed by atoms with Crippen LogP contribution in [-0.4, -0.2) is 32.8 Å². The van der Waals surface area contributed by atoms with E-state index in [1.165, 1.54) is 4.68 Å². The number of aromatic nitrogens is 2. The number of aryl methyl sites for hydroxylation is 2. The molecule has 0 spiro atoms. The van der Waals surface area contributed by atoms with Crippen molar-refractivity contribution in [2.75, 3.05) is 5.75 Å². The molecule has 0 aliphatic heterocycles. The van der Waals surface area contributed by atoms with E-state index < -0.39 is 23.8 Å². The van der Waals surface area contributed by atoms with Crippen molar-refractivity contribution in [3.8, 4) is 0 Å². The first-order chi connectivity index (χ1) is 7.71.